The van der Waals surface area contributed by atoms with Gasteiger partial charge in [-0.15, -0.1) is 0 Å². The molecule has 0 spiro atoms. The number of nitrogens with two attached hydrogens (primary N) is 1. The van der Waals surface area contributed by atoms with Crippen LogP contribution in [0.3, 0.4) is 0 Å². The summed E-state index contributed by atoms with van der Waals surface area (Å²) in [5.41, 5.74) is 7.00. The predicted molar refractivity (Wildman–Crippen MR) is 62.4 cm³/mol. The summed E-state index contributed by atoms with van der Waals surface area (Å²) in [6, 6.07) is 8.75. The highest BCUT2D eigenvalue weighted by molar-refractivity contribution is 6.30. The van der Waals surface area contributed by atoms with Crippen LogP contribution in [0, 0.1) is 6.92 Å². The Labute approximate surface area is 97.8 Å². The standard InChI is InChI=1S/C12H10ClNO2/c1-7-2-3-8(13)6-9(7)10-4-5-11(16-10)12(14)15/h2-6H,1H3,(H2,14,15). The molecular formula is C12H10ClNO2. The van der Waals surface area contributed by atoms with Crippen molar-refractivity contribution in [2.24, 2.45) is 5.73 Å². The summed E-state index contributed by atoms with van der Waals surface area (Å²) in [6.45, 7) is 1.94. The number of amides is 1. The van der Waals surface area contributed by atoms with Crippen LogP contribution in [0.15, 0.2) is 34.7 Å². The van der Waals surface area contributed by atoms with Crippen molar-refractivity contribution in [3.8, 4) is 11.3 Å². The highest BCUT2D eigenvalue weighted by Crippen LogP contribution is 2.28. The molecule has 82 valence electrons. The molecule has 3 nitrogen and oxygen atoms in total. The number of carbonyl (C=O) groups is 1. The molecular weight excluding hydrogens is 226 g/mol. The van der Waals surface area contributed by atoms with Gasteiger partial charge in [0.2, 0.25) is 0 Å². The lowest BCUT2D eigenvalue weighted by Gasteiger charge is -2.02. The van der Waals surface area contributed by atoms with Gasteiger partial charge in [0.15, 0.2) is 5.76 Å². The molecule has 0 saturated heterocycles. The Kier molecular flexibility index (Phi) is 2.71. The van der Waals surface area contributed by atoms with Gasteiger partial charge in [0, 0.05) is 10.6 Å². The number of halogens is 1. The Hall–Kier alpha value is -1.74. The van der Waals surface area contributed by atoms with Crippen LogP contribution in [-0.2, 0) is 0 Å². The van der Waals surface area contributed by atoms with Gasteiger partial charge in [-0.2, -0.15) is 0 Å². The van der Waals surface area contributed by atoms with E-state index in [-0.39, 0.29) is 5.76 Å². The minimum atomic E-state index is -0.578. The van der Waals surface area contributed by atoms with E-state index in [1.54, 1.807) is 24.3 Å². The third kappa shape index (κ3) is 1.95. The van der Waals surface area contributed by atoms with Crippen LogP contribution in [0.25, 0.3) is 11.3 Å². The second-order valence-electron chi connectivity index (χ2n) is 3.49. The SMILES string of the molecule is Cc1ccc(Cl)cc1-c1ccc(C(N)=O)o1. The van der Waals surface area contributed by atoms with E-state index in [0.717, 1.165) is 11.1 Å². The maximum atomic E-state index is 10.9. The maximum absolute atomic E-state index is 10.9. The van der Waals surface area contributed by atoms with Gasteiger partial charge in [0.1, 0.15) is 5.76 Å². The van der Waals surface area contributed by atoms with Gasteiger partial charge in [-0.25, -0.2) is 0 Å². The molecule has 1 aromatic heterocycles. The molecule has 2 rings (SSSR count). The van der Waals surface area contributed by atoms with Crippen LogP contribution in [0.1, 0.15) is 16.1 Å². The van der Waals surface area contributed by atoms with E-state index in [1.807, 2.05) is 13.0 Å². The summed E-state index contributed by atoms with van der Waals surface area (Å²) in [5, 5.41) is 0.623. The van der Waals surface area contributed by atoms with Crippen molar-refractivity contribution >= 4 is 17.5 Å². The molecule has 2 aromatic rings. The Bertz CT molecular complexity index is 546. The van der Waals surface area contributed by atoms with E-state index >= 15 is 0 Å². The average Bonchev–Trinajstić information content (AvgIpc) is 2.70. The first-order valence-corrected chi connectivity index (χ1v) is 5.12. The van der Waals surface area contributed by atoms with Crippen molar-refractivity contribution in [2.75, 3.05) is 0 Å². The largest absolute Gasteiger partial charge is 0.451 e. The average molecular weight is 236 g/mol. The molecule has 0 aliphatic rings. The molecule has 1 aromatic carbocycles. The molecule has 4 heteroatoms. The molecule has 0 aliphatic heterocycles. The lowest BCUT2D eigenvalue weighted by atomic mass is 10.1. The van der Waals surface area contributed by atoms with Crippen molar-refractivity contribution in [3.63, 3.8) is 0 Å². The fraction of sp³-hybridized carbons (Fsp3) is 0.0833. The molecule has 2 N–H and O–H groups in total. The Balaban J connectivity index is 2.50. The number of carbonyl (C=O) groups excluding carboxylic acids is 1. The molecule has 0 unspecified atom stereocenters. The van der Waals surface area contributed by atoms with E-state index in [4.69, 9.17) is 21.8 Å². The van der Waals surface area contributed by atoms with Crippen LogP contribution in [-0.4, -0.2) is 5.91 Å². The first-order chi connectivity index (χ1) is 7.58. The molecule has 0 atom stereocenters. The molecule has 0 fully saturated rings. The van der Waals surface area contributed by atoms with E-state index in [1.165, 1.54) is 0 Å². The van der Waals surface area contributed by atoms with Gasteiger partial charge in [-0.05, 0) is 36.8 Å². The number of rotatable bonds is 2. The van der Waals surface area contributed by atoms with Crippen molar-refractivity contribution < 1.29 is 9.21 Å². The summed E-state index contributed by atoms with van der Waals surface area (Å²) in [7, 11) is 0. The zero-order valence-corrected chi connectivity index (χ0v) is 9.41. The minimum absolute atomic E-state index is 0.148. The van der Waals surface area contributed by atoms with E-state index in [0.29, 0.717) is 10.8 Å². The summed E-state index contributed by atoms with van der Waals surface area (Å²) in [5.74, 6) is 0.161. The zero-order chi connectivity index (χ0) is 11.7. The number of primary amides is 1. The molecule has 0 aliphatic carbocycles. The fourth-order valence-corrected chi connectivity index (χ4v) is 1.65. The van der Waals surface area contributed by atoms with Crippen LogP contribution >= 0.6 is 11.6 Å². The van der Waals surface area contributed by atoms with Crippen LogP contribution in [0.2, 0.25) is 5.02 Å². The van der Waals surface area contributed by atoms with Gasteiger partial charge >= 0.3 is 0 Å². The number of aryl methyl sites for hydroxylation is 1. The van der Waals surface area contributed by atoms with Crippen molar-refractivity contribution in [2.45, 2.75) is 6.92 Å². The molecule has 0 saturated carbocycles. The smallest absolute Gasteiger partial charge is 0.284 e. The van der Waals surface area contributed by atoms with Crippen LogP contribution in [0.5, 0.6) is 0 Å². The van der Waals surface area contributed by atoms with Gasteiger partial charge in [0.05, 0.1) is 0 Å². The minimum Gasteiger partial charge on any atom is -0.451 e. The van der Waals surface area contributed by atoms with E-state index < -0.39 is 5.91 Å². The predicted octanol–water partition coefficient (Wildman–Crippen LogP) is 3.01. The lowest BCUT2D eigenvalue weighted by molar-refractivity contribution is 0.0974. The Morgan fingerprint density at radius 1 is 1.31 bits per heavy atom. The third-order valence-electron chi connectivity index (χ3n) is 2.31. The number of hydrogen-bond donors (Lipinski definition) is 1. The van der Waals surface area contributed by atoms with Crippen LogP contribution < -0.4 is 5.73 Å². The van der Waals surface area contributed by atoms with Gasteiger partial charge in [-0.3, -0.25) is 4.79 Å². The van der Waals surface area contributed by atoms with E-state index in [2.05, 4.69) is 0 Å². The van der Waals surface area contributed by atoms with E-state index in [9.17, 15) is 4.79 Å². The first-order valence-electron chi connectivity index (χ1n) is 4.74. The van der Waals surface area contributed by atoms with Crippen molar-refractivity contribution in [1.82, 2.24) is 0 Å². The topological polar surface area (TPSA) is 56.2 Å². The highest BCUT2D eigenvalue weighted by atomic mass is 35.5. The first kappa shape index (κ1) is 10.8. The Morgan fingerprint density at radius 3 is 2.69 bits per heavy atom. The number of benzene rings is 1. The summed E-state index contributed by atoms with van der Waals surface area (Å²) >= 11 is 5.90. The quantitative estimate of drug-likeness (QED) is 0.870. The Morgan fingerprint density at radius 2 is 2.06 bits per heavy atom. The maximum Gasteiger partial charge on any atom is 0.284 e. The summed E-state index contributed by atoms with van der Waals surface area (Å²) in [6.07, 6.45) is 0. The highest BCUT2D eigenvalue weighted by Gasteiger charge is 2.10. The number of furan rings is 1. The second kappa shape index (κ2) is 4.02. The van der Waals surface area contributed by atoms with Gasteiger partial charge in [-0.1, -0.05) is 17.7 Å². The number of hydrogen-bond acceptors (Lipinski definition) is 2. The third-order valence-corrected chi connectivity index (χ3v) is 2.55. The summed E-state index contributed by atoms with van der Waals surface area (Å²) < 4.78 is 5.33. The molecule has 0 bridgehead atoms. The summed E-state index contributed by atoms with van der Waals surface area (Å²) in [4.78, 5) is 10.9. The molecule has 0 radical (unpaired) electrons. The lowest BCUT2D eigenvalue weighted by Crippen LogP contribution is -2.09. The fourth-order valence-electron chi connectivity index (χ4n) is 1.47. The second-order valence-corrected chi connectivity index (χ2v) is 3.92. The molecule has 1 heterocycles. The van der Waals surface area contributed by atoms with Crippen molar-refractivity contribution in [3.05, 3.63) is 46.7 Å². The normalized spacial score (nSPS) is 10.4. The molecule has 16 heavy (non-hydrogen) atoms. The van der Waals surface area contributed by atoms with Gasteiger partial charge < -0.3 is 10.2 Å². The molecule has 1 amide bonds. The zero-order valence-electron chi connectivity index (χ0n) is 8.66. The van der Waals surface area contributed by atoms with Gasteiger partial charge in [0.25, 0.3) is 5.91 Å². The van der Waals surface area contributed by atoms with Crippen LogP contribution in [0.4, 0.5) is 0 Å². The van der Waals surface area contributed by atoms with Crippen molar-refractivity contribution in [1.29, 1.82) is 0 Å². The monoisotopic (exact) mass is 235 g/mol.